The van der Waals surface area contributed by atoms with Crippen molar-refractivity contribution in [2.24, 2.45) is 0 Å². The zero-order valence-electron chi connectivity index (χ0n) is 13.3. The Morgan fingerprint density at radius 1 is 1.19 bits per heavy atom. The Morgan fingerprint density at radius 2 is 2.00 bits per heavy atom. The number of benzene rings is 2. The lowest BCUT2D eigenvalue weighted by molar-refractivity contribution is -0.131. The van der Waals surface area contributed by atoms with E-state index in [-0.39, 0.29) is 11.3 Å². The highest BCUT2D eigenvalue weighted by atomic mass is 32.2. The van der Waals surface area contributed by atoms with Gasteiger partial charge in [0.25, 0.3) is 5.91 Å². The second-order valence-electron chi connectivity index (χ2n) is 5.63. The Kier molecular flexibility index (Phi) is 5.33. The molecule has 0 aliphatic rings. The number of hydrogen-bond donors (Lipinski definition) is 3. The molecular weight excluding hydrogens is 379 g/mol. The van der Waals surface area contributed by atoms with E-state index in [1.54, 1.807) is 23.5 Å². The first-order chi connectivity index (χ1) is 12.4. The van der Waals surface area contributed by atoms with Crippen LogP contribution in [0.3, 0.4) is 0 Å². The van der Waals surface area contributed by atoms with Gasteiger partial charge in [-0.05, 0) is 52.2 Å². The van der Waals surface area contributed by atoms with Crippen molar-refractivity contribution in [2.75, 3.05) is 0 Å². The molecule has 0 unspecified atom stereocenters. The highest BCUT2D eigenvalue weighted by molar-refractivity contribution is 7.88. The molecule has 1 atom stereocenters. The van der Waals surface area contributed by atoms with Gasteiger partial charge in [0.15, 0.2) is 0 Å². The minimum atomic E-state index is -3.94. The molecule has 1 heterocycles. The van der Waals surface area contributed by atoms with E-state index in [9.17, 15) is 17.6 Å². The molecule has 0 bridgehead atoms. The molecule has 3 N–H and O–H groups in total. The van der Waals surface area contributed by atoms with Crippen LogP contribution in [0.15, 0.2) is 53.9 Å². The summed E-state index contributed by atoms with van der Waals surface area (Å²) in [5.74, 6) is -1.99. The molecule has 0 spiro atoms. The summed E-state index contributed by atoms with van der Waals surface area (Å²) in [6, 6.07) is 10.7. The number of amides is 1. The fourth-order valence-electron chi connectivity index (χ4n) is 2.57. The third kappa shape index (κ3) is 4.25. The highest BCUT2D eigenvalue weighted by Gasteiger charge is 2.26. The Morgan fingerprint density at radius 3 is 2.73 bits per heavy atom. The van der Waals surface area contributed by atoms with Crippen LogP contribution < -0.4 is 10.2 Å². The Balaban J connectivity index is 1.85. The molecule has 9 heteroatoms. The largest absolute Gasteiger partial charge is 0.289 e. The summed E-state index contributed by atoms with van der Waals surface area (Å²) in [7, 11) is -3.94. The average Bonchev–Trinajstić information content (AvgIpc) is 3.06. The zero-order chi connectivity index (χ0) is 18.7. The monoisotopic (exact) mass is 394 g/mol. The predicted octanol–water partition coefficient (Wildman–Crippen LogP) is 2.71. The summed E-state index contributed by atoms with van der Waals surface area (Å²) in [4.78, 5) is 11.9. The van der Waals surface area contributed by atoms with Crippen LogP contribution in [0.4, 0.5) is 4.39 Å². The maximum absolute atomic E-state index is 13.4. The normalized spacial score (nSPS) is 12.8. The zero-order valence-corrected chi connectivity index (χ0v) is 15.0. The average molecular weight is 394 g/mol. The first-order valence-electron chi connectivity index (χ1n) is 7.53. The van der Waals surface area contributed by atoms with Crippen LogP contribution in [0.25, 0.3) is 10.1 Å². The predicted molar refractivity (Wildman–Crippen MR) is 96.7 cm³/mol. The van der Waals surface area contributed by atoms with Crippen molar-refractivity contribution in [3.05, 3.63) is 70.9 Å². The van der Waals surface area contributed by atoms with Gasteiger partial charge in [-0.1, -0.05) is 18.2 Å². The van der Waals surface area contributed by atoms with Crippen LogP contribution in [0.5, 0.6) is 0 Å². The molecule has 0 aliphatic carbocycles. The number of sulfonamides is 1. The second-order valence-corrected chi connectivity index (χ2v) is 8.34. The van der Waals surface area contributed by atoms with E-state index in [2.05, 4.69) is 4.72 Å². The third-order valence-corrected chi connectivity index (χ3v) is 5.93. The number of rotatable bonds is 6. The van der Waals surface area contributed by atoms with Crippen LogP contribution in [0, 0.1) is 5.82 Å². The van der Waals surface area contributed by atoms with E-state index >= 15 is 0 Å². The molecular formula is C17H15FN2O4S2. The Hall–Kier alpha value is -2.33. The fraction of sp³-hybridized carbons (Fsp3) is 0.118. The van der Waals surface area contributed by atoms with Crippen LogP contribution in [0.2, 0.25) is 0 Å². The summed E-state index contributed by atoms with van der Waals surface area (Å²) < 4.78 is 41.7. The molecule has 26 heavy (non-hydrogen) atoms. The number of fused-ring (bicyclic) bond motifs is 1. The van der Waals surface area contributed by atoms with Gasteiger partial charge in [-0.2, -0.15) is 4.72 Å². The second kappa shape index (κ2) is 7.50. The number of hydroxylamine groups is 1. The number of halogens is 1. The van der Waals surface area contributed by atoms with Crippen LogP contribution in [-0.2, 0) is 20.6 Å². The molecule has 1 amide bonds. The summed E-state index contributed by atoms with van der Waals surface area (Å²) >= 11 is 1.55. The van der Waals surface area contributed by atoms with Gasteiger partial charge in [-0.15, -0.1) is 11.3 Å². The first-order valence-corrected chi connectivity index (χ1v) is 10.1. The van der Waals surface area contributed by atoms with Gasteiger partial charge in [0.05, 0.1) is 5.75 Å². The lowest BCUT2D eigenvalue weighted by Crippen LogP contribution is -2.39. The number of carbonyl (C=O) groups excluding carboxylic acids is 1. The Bertz CT molecular complexity index is 1050. The van der Waals surface area contributed by atoms with Crippen molar-refractivity contribution in [3.8, 4) is 0 Å². The summed E-state index contributed by atoms with van der Waals surface area (Å²) in [6.07, 6.45) is 0. The number of hydrogen-bond acceptors (Lipinski definition) is 5. The molecule has 0 saturated heterocycles. The van der Waals surface area contributed by atoms with E-state index < -0.39 is 27.8 Å². The summed E-state index contributed by atoms with van der Waals surface area (Å²) in [6.45, 7) is 0. The maximum atomic E-state index is 13.4. The molecule has 1 aromatic heterocycles. The highest BCUT2D eigenvalue weighted by Crippen LogP contribution is 2.23. The lowest BCUT2D eigenvalue weighted by Gasteiger charge is -2.17. The van der Waals surface area contributed by atoms with Crippen LogP contribution >= 0.6 is 11.3 Å². The van der Waals surface area contributed by atoms with E-state index in [0.717, 1.165) is 16.2 Å². The van der Waals surface area contributed by atoms with E-state index in [4.69, 9.17) is 5.21 Å². The molecule has 0 aliphatic heterocycles. The van der Waals surface area contributed by atoms with Crippen molar-refractivity contribution in [1.29, 1.82) is 0 Å². The van der Waals surface area contributed by atoms with Crippen molar-refractivity contribution in [2.45, 2.75) is 11.8 Å². The minimum absolute atomic E-state index is 0.0772. The lowest BCUT2D eigenvalue weighted by atomic mass is 10.1. The molecule has 2 aromatic carbocycles. The molecule has 0 saturated carbocycles. The number of carbonyl (C=O) groups is 1. The maximum Gasteiger partial charge on any atom is 0.266 e. The number of thiophene rings is 1. The third-order valence-electron chi connectivity index (χ3n) is 3.73. The van der Waals surface area contributed by atoms with Gasteiger partial charge in [0.1, 0.15) is 11.9 Å². The first kappa shape index (κ1) is 18.5. The molecule has 6 nitrogen and oxygen atoms in total. The van der Waals surface area contributed by atoms with Gasteiger partial charge >= 0.3 is 0 Å². The van der Waals surface area contributed by atoms with Gasteiger partial charge in [-0.25, -0.2) is 18.3 Å². The van der Waals surface area contributed by atoms with Gasteiger partial charge in [-0.3, -0.25) is 10.0 Å². The standard InChI is InChI=1S/C17H15FN2O4S2/c18-14-3-1-2-13(9-14)16(17(21)19-22)20-26(23,24)10-11-4-5-15-12(8-11)6-7-25-15/h1-9,16,20,22H,10H2,(H,19,21)/t16-/m1/s1. The Labute approximate surface area is 153 Å². The summed E-state index contributed by atoms with van der Waals surface area (Å²) in [5, 5.41) is 11.7. The van der Waals surface area contributed by atoms with Crippen molar-refractivity contribution >= 4 is 37.4 Å². The molecule has 136 valence electrons. The van der Waals surface area contributed by atoms with Crippen LogP contribution in [-0.4, -0.2) is 19.5 Å². The summed E-state index contributed by atoms with van der Waals surface area (Å²) in [5.41, 5.74) is 2.03. The quantitative estimate of drug-likeness (QED) is 0.442. The topological polar surface area (TPSA) is 95.5 Å². The van der Waals surface area contributed by atoms with Gasteiger partial charge in [0, 0.05) is 4.70 Å². The van der Waals surface area contributed by atoms with E-state index in [0.29, 0.717) is 5.56 Å². The van der Waals surface area contributed by atoms with Crippen molar-refractivity contribution in [1.82, 2.24) is 10.2 Å². The van der Waals surface area contributed by atoms with Crippen LogP contribution in [0.1, 0.15) is 17.2 Å². The minimum Gasteiger partial charge on any atom is -0.289 e. The molecule has 0 radical (unpaired) electrons. The number of nitrogens with one attached hydrogen (secondary N) is 2. The van der Waals surface area contributed by atoms with Crippen molar-refractivity contribution in [3.63, 3.8) is 0 Å². The molecule has 3 rings (SSSR count). The molecule has 0 fully saturated rings. The fourth-order valence-corrected chi connectivity index (χ4v) is 4.65. The van der Waals surface area contributed by atoms with Gasteiger partial charge in [0.2, 0.25) is 10.0 Å². The van der Waals surface area contributed by atoms with Crippen molar-refractivity contribution < 1.29 is 22.8 Å². The van der Waals surface area contributed by atoms with E-state index in [1.165, 1.54) is 23.7 Å². The van der Waals surface area contributed by atoms with Gasteiger partial charge < -0.3 is 0 Å². The smallest absolute Gasteiger partial charge is 0.266 e. The van der Waals surface area contributed by atoms with E-state index in [1.807, 2.05) is 17.5 Å². The SMILES string of the molecule is O=C(NO)[C@H](NS(=O)(=O)Cc1ccc2sccc2c1)c1cccc(F)c1. The molecule has 3 aromatic rings.